The van der Waals surface area contributed by atoms with Crippen LogP contribution in [0, 0.1) is 5.92 Å². The van der Waals surface area contributed by atoms with E-state index in [2.05, 4.69) is 37.4 Å². The predicted octanol–water partition coefficient (Wildman–Crippen LogP) is 4.61. The number of hydrogen-bond acceptors (Lipinski definition) is 1. The Hall–Kier alpha value is -0.530. The van der Waals surface area contributed by atoms with Crippen molar-refractivity contribution in [2.75, 3.05) is 6.54 Å². The molecule has 1 aromatic rings. The van der Waals surface area contributed by atoms with Gasteiger partial charge in [0.15, 0.2) is 0 Å². The molecule has 0 heterocycles. The lowest BCUT2D eigenvalue weighted by atomic mass is 9.76. The number of benzene rings is 1. The van der Waals surface area contributed by atoms with Crippen molar-refractivity contribution < 1.29 is 0 Å². The third kappa shape index (κ3) is 4.00. The Balaban J connectivity index is 1.65. The molecule has 0 spiro atoms. The second-order valence-electron chi connectivity index (χ2n) is 5.91. The average Bonchev–Trinajstić information content (AvgIpc) is 2.25. The van der Waals surface area contributed by atoms with Crippen LogP contribution in [0.2, 0.25) is 5.02 Å². The van der Waals surface area contributed by atoms with E-state index in [1.165, 1.54) is 37.8 Å². The highest BCUT2D eigenvalue weighted by Gasteiger charge is 2.29. The number of nitrogens with one attached hydrogen (secondary N) is 1. The Labute approximate surface area is 116 Å². The average molecular weight is 266 g/mol. The molecule has 1 fully saturated rings. The quantitative estimate of drug-likeness (QED) is 0.741. The summed E-state index contributed by atoms with van der Waals surface area (Å²) in [5.74, 6) is 1.54. The third-order valence-corrected chi connectivity index (χ3v) is 4.08. The fourth-order valence-electron chi connectivity index (χ4n) is 2.63. The Kier molecular flexibility index (Phi) is 5.08. The number of halogens is 1. The van der Waals surface area contributed by atoms with E-state index >= 15 is 0 Å². The highest BCUT2D eigenvalue weighted by molar-refractivity contribution is 6.30. The van der Waals surface area contributed by atoms with Crippen molar-refractivity contribution in [3.63, 3.8) is 0 Å². The van der Waals surface area contributed by atoms with E-state index in [-0.39, 0.29) is 0 Å². The molecule has 1 aromatic carbocycles. The standard InChI is InChI=1S/C16H24ClN/c1-12(2)5-4-8-18-16-10-14(11-16)13-6-3-7-15(17)9-13/h3,6-7,9,12,14,16,18H,4-5,8,10-11H2,1-2H3. The minimum absolute atomic E-state index is 0.714. The maximum Gasteiger partial charge on any atom is 0.0408 e. The molecule has 1 aliphatic carbocycles. The molecule has 0 atom stereocenters. The molecule has 0 amide bonds. The van der Waals surface area contributed by atoms with Crippen LogP contribution in [0.15, 0.2) is 24.3 Å². The van der Waals surface area contributed by atoms with Crippen LogP contribution in [0.3, 0.4) is 0 Å². The van der Waals surface area contributed by atoms with Crippen molar-refractivity contribution in [3.05, 3.63) is 34.9 Å². The van der Waals surface area contributed by atoms with E-state index < -0.39 is 0 Å². The first kappa shape index (κ1) is 13.9. The number of rotatable bonds is 6. The molecule has 0 bridgehead atoms. The summed E-state index contributed by atoms with van der Waals surface area (Å²) in [7, 11) is 0. The van der Waals surface area contributed by atoms with Gasteiger partial charge in [0, 0.05) is 11.1 Å². The summed E-state index contributed by atoms with van der Waals surface area (Å²) in [6.07, 6.45) is 5.16. The lowest BCUT2D eigenvalue weighted by Gasteiger charge is -2.36. The molecule has 2 heteroatoms. The zero-order valence-electron chi connectivity index (χ0n) is 11.5. The number of hydrogen-bond donors (Lipinski definition) is 1. The molecule has 0 radical (unpaired) electrons. The van der Waals surface area contributed by atoms with Crippen molar-refractivity contribution in [2.24, 2.45) is 5.92 Å². The maximum atomic E-state index is 6.02. The molecule has 18 heavy (non-hydrogen) atoms. The first-order chi connectivity index (χ1) is 8.65. The first-order valence-electron chi connectivity index (χ1n) is 7.14. The summed E-state index contributed by atoms with van der Waals surface area (Å²) < 4.78 is 0. The second kappa shape index (κ2) is 6.58. The third-order valence-electron chi connectivity index (χ3n) is 3.85. The predicted molar refractivity (Wildman–Crippen MR) is 79.3 cm³/mol. The monoisotopic (exact) mass is 265 g/mol. The van der Waals surface area contributed by atoms with Crippen LogP contribution in [0.5, 0.6) is 0 Å². The molecule has 0 unspecified atom stereocenters. The summed E-state index contributed by atoms with van der Waals surface area (Å²) in [6.45, 7) is 5.75. The van der Waals surface area contributed by atoms with Gasteiger partial charge in [0.1, 0.15) is 0 Å². The Morgan fingerprint density at radius 2 is 2.11 bits per heavy atom. The van der Waals surface area contributed by atoms with Crippen molar-refractivity contribution >= 4 is 11.6 Å². The van der Waals surface area contributed by atoms with Crippen LogP contribution in [-0.2, 0) is 0 Å². The Morgan fingerprint density at radius 1 is 1.33 bits per heavy atom. The Bertz CT molecular complexity index is 369. The van der Waals surface area contributed by atoms with E-state index in [0.717, 1.165) is 17.0 Å². The van der Waals surface area contributed by atoms with Gasteiger partial charge in [-0.05, 0) is 61.8 Å². The van der Waals surface area contributed by atoms with Gasteiger partial charge in [-0.15, -0.1) is 0 Å². The first-order valence-corrected chi connectivity index (χ1v) is 7.52. The molecule has 1 aliphatic rings. The van der Waals surface area contributed by atoms with Gasteiger partial charge >= 0.3 is 0 Å². The highest BCUT2D eigenvalue weighted by Crippen LogP contribution is 2.37. The molecule has 0 aliphatic heterocycles. The summed E-state index contributed by atoms with van der Waals surface area (Å²) in [5, 5.41) is 4.52. The fourth-order valence-corrected chi connectivity index (χ4v) is 2.83. The van der Waals surface area contributed by atoms with Gasteiger partial charge in [0.05, 0.1) is 0 Å². The van der Waals surface area contributed by atoms with Crippen molar-refractivity contribution in [1.82, 2.24) is 5.32 Å². The van der Waals surface area contributed by atoms with Crippen LogP contribution in [-0.4, -0.2) is 12.6 Å². The molecule has 1 saturated carbocycles. The zero-order valence-corrected chi connectivity index (χ0v) is 12.2. The lowest BCUT2D eigenvalue weighted by Crippen LogP contribution is -2.40. The topological polar surface area (TPSA) is 12.0 Å². The highest BCUT2D eigenvalue weighted by atomic mass is 35.5. The van der Waals surface area contributed by atoms with Gasteiger partial charge in [0.25, 0.3) is 0 Å². The molecule has 0 aromatic heterocycles. The van der Waals surface area contributed by atoms with Crippen LogP contribution in [0.1, 0.15) is 51.0 Å². The molecule has 1 N–H and O–H groups in total. The van der Waals surface area contributed by atoms with Gasteiger partial charge in [-0.1, -0.05) is 37.6 Å². The van der Waals surface area contributed by atoms with E-state index in [9.17, 15) is 0 Å². The molecular formula is C16H24ClN. The van der Waals surface area contributed by atoms with Gasteiger partial charge < -0.3 is 5.32 Å². The Morgan fingerprint density at radius 3 is 2.78 bits per heavy atom. The van der Waals surface area contributed by atoms with Gasteiger partial charge in [-0.2, -0.15) is 0 Å². The normalized spacial score (nSPS) is 23.1. The maximum absolute atomic E-state index is 6.02. The smallest absolute Gasteiger partial charge is 0.0408 e. The van der Waals surface area contributed by atoms with E-state index in [1.807, 2.05) is 6.07 Å². The van der Waals surface area contributed by atoms with Crippen LogP contribution in [0.4, 0.5) is 0 Å². The molecule has 2 rings (SSSR count). The van der Waals surface area contributed by atoms with Crippen molar-refractivity contribution in [3.8, 4) is 0 Å². The minimum atomic E-state index is 0.714. The largest absolute Gasteiger partial charge is 0.314 e. The fraction of sp³-hybridized carbons (Fsp3) is 0.625. The van der Waals surface area contributed by atoms with Gasteiger partial charge in [-0.25, -0.2) is 0 Å². The summed E-state index contributed by atoms with van der Waals surface area (Å²) in [6, 6.07) is 9.04. The molecule has 1 nitrogen and oxygen atoms in total. The van der Waals surface area contributed by atoms with E-state index in [0.29, 0.717) is 5.92 Å². The van der Waals surface area contributed by atoms with Crippen LogP contribution >= 0.6 is 11.6 Å². The van der Waals surface area contributed by atoms with Gasteiger partial charge in [0.2, 0.25) is 0 Å². The lowest BCUT2D eigenvalue weighted by molar-refractivity contribution is 0.288. The van der Waals surface area contributed by atoms with Gasteiger partial charge in [-0.3, -0.25) is 0 Å². The van der Waals surface area contributed by atoms with E-state index in [4.69, 9.17) is 11.6 Å². The molecule has 0 saturated heterocycles. The summed E-state index contributed by atoms with van der Waals surface area (Å²) in [4.78, 5) is 0. The molecule has 100 valence electrons. The molecular weight excluding hydrogens is 242 g/mol. The van der Waals surface area contributed by atoms with Crippen molar-refractivity contribution in [2.45, 2.75) is 51.5 Å². The summed E-state index contributed by atoms with van der Waals surface area (Å²) >= 11 is 6.02. The summed E-state index contributed by atoms with van der Waals surface area (Å²) in [5.41, 5.74) is 1.41. The second-order valence-corrected chi connectivity index (χ2v) is 6.35. The van der Waals surface area contributed by atoms with E-state index in [1.54, 1.807) is 0 Å². The van der Waals surface area contributed by atoms with Crippen molar-refractivity contribution in [1.29, 1.82) is 0 Å². The van der Waals surface area contributed by atoms with Crippen LogP contribution < -0.4 is 5.32 Å². The minimum Gasteiger partial charge on any atom is -0.314 e. The van der Waals surface area contributed by atoms with Crippen LogP contribution in [0.25, 0.3) is 0 Å². The SMILES string of the molecule is CC(C)CCCNC1CC(c2cccc(Cl)c2)C1. The zero-order chi connectivity index (χ0) is 13.0.